The lowest BCUT2D eigenvalue weighted by molar-refractivity contribution is -0.0408. The van der Waals surface area contributed by atoms with Gasteiger partial charge in [-0.25, -0.2) is 4.68 Å². The van der Waals surface area contributed by atoms with Gasteiger partial charge in [0, 0.05) is 12.8 Å². The molecule has 1 unspecified atom stereocenters. The van der Waals surface area contributed by atoms with E-state index in [1.165, 1.54) is 0 Å². The van der Waals surface area contributed by atoms with E-state index in [0.29, 0.717) is 12.3 Å². The summed E-state index contributed by atoms with van der Waals surface area (Å²) in [7, 11) is -4.05. The van der Waals surface area contributed by atoms with Gasteiger partial charge < -0.3 is 14.5 Å². The fourth-order valence-electron chi connectivity index (χ4n) is 1.85. The molecule has 90 valence electrons. The van der Waals surface area contributed by atoms with Gasteiger partial charge in [0.05, 0.1) is 11.9 Å². The second kappa shape index (κ2) is 4.67. The lowest BCUT2D eigenvalue weighted by Crippen LogP contribution is -2.20. The Morgan fingerprint density at radius 2 is 2.38 bits per heavy atom. The maximum atomic E-state index is 10.9. The van der Waals surface area contributed by atoms with Crippen LogP contribution in [0.1, 0.15) is 31.2 Å². The number of aromatic nitrogens is 2. The SMILES string of the molecule is O=P(O)(O)Cc1ccnn1C1CCCCO1. The molecule has 6 nitrogen and oxygen atoms in total. The lowest BCUT2D eigenvalue weighted by Gasteiger charge is -2.24. The molecular weight excluding hydrogens is 231 g/mol. The normalized spacial score (nSPS) is 22.2. The molecule has 0 radical (unpaired) electrons. The van der Waals surface area contributed by atoms with Gasteiger partial charge in [-0.1, -0.05) is 0 Å². The van der Waals surface area contributed by atoms with E-state index in [4.69, 9.17) is 14.5 Å². The third-order valence-corrected chi connectivity index (χ3v) is 3.28. The summed E-state index contributed by atoms with van der Waals surface area (Å²) in [5, 5.41) is 4.07. The Labute approximate surface area is 93.4 Å². The zero-order valence-electron chi connectivity index (χ0n) is 8.82. The van der Waals surface area contributed by atoms with Gasteiger partial charge in [0.15, 0.2) is 0 Å². The highest BCUT2D eigenvalue weighted by atomic mass is 31.2. The van der Waals surface area contributed by atoms with E-state index in [1.54, 1.807) is 16.9 Å². The minimum absolute atomic E-state index is 0.176. The summed E-state index contributed by atoms with van der Waals surface area (Å²) in [6.07, 6.45) is 4.02. The molecule has 7 heteroatoms. The lowest BCUT2D eigenvalue weighted by atomic mass is 10.2. The smallest absolute Gasteiger partial charge is 0.331 e. The fraction of sp³-hybridized carbons (Fsp3) is 0.667. The van der Waals surface area contributed by atoms with Gasteiger partial charge in [-0.05, 0) is 25.3 Å². The topological polar surface area (TPSA) is 84.6 Å². The van der Waals surface area contributed by atoms with Crippen LogP contribution >= 0.6 is 7.60 Å². The Morgan fingerprint density at radius 3 is 3.00 bits per heavy atom. The maximum absolute atomic E-state index is 10.9. The van der Waals surface area contributed by atoms with Crippen molar-refractivity contribution in [1.82, 2.24) is 9.78 Å². The van der Waals surface area contributed by atoms with Crippen molar-refractivity contribution in [3.63, 3.8) is 0 Å². The molecule has 1 aliphatic heterocycles. The second-order valence-corrected chi connectivity index (χ2v) is 5.56. The van der Waals surface area contributed by atoms with Crippen molar-refractivity contribution in [2.45, 2.75) is 31.7 Å². The van der Waals surface area contributed by atoms with E-state index in [1.807, 2.05) is 0 Å². The number of ether oxygens (including phenoxy) is 1. The van der Waals surface area contributed by atoms with Crippen LogP contribution in [-0.4, -0.2) is 26.2 Å². The van der Waals surface area contributed by atoms with Crippen LogP contribution in [-0.2, 0) is 15.5 Å². The molecule has 0 aromatic carbocycles. The van der Waals surface area contributed by atoms with Gasteiger partial charge >= 0.3 is 7.60 Å². The second-order valence-electron chi connectivity index (χ2n) is 3.91. The molecular formula is C9H15N2O4P. The van der Waals surface area contributed by atoms with Gasteiger partial charge in [-0.2, -0.15) is 5.10 Å². The molecule has 0 bridgehead atoms. The first-order valence-electron chi connectivity index (χ1n) is 5.25. The van der Waals surface area contributed by atoms with Gasteiger partial charge in [-0.3, -0.25) is 4.57 Å². The summed E-state index contributed by atoms with van der Waals surface area (Å²) in [6.45, 7) is 0.680. The van der Waals surface area contributed by atoms with E-state index in [-0.39, 0.29) is 12.4 Å². The molecule has 1 aromatic rings. The molecule has 1 fully saturated rings. The predicted octanol–water partition coefficient (Wildman–Crippen LogP) is 1.26. The molecule has 1 aromatic heterocycles. The molecule has 0 saturated carbocycles. The molecule has 1 saturated heterocycles. The summed E-state index contributed by atoms with van der Waals surface area (Å²) in [5.74, 6) is 0. The Morgan fingerprint density at radius 1 is 1.56 bits per heavy atom. The van der Waals surface area contributed by atoms with Crippen molar-refractivity contribution in [2.75, 3.05) is 6.61 Å². The molecule has 0 aliphatic carbocycles. The van der Waals surface area contributed by atoms with Crippen molar-refractivity contribution in [3.05, 3.63) is 18.0 Å². The van der Waals surface area contributed by atoms with Crippen molar-refractivity contribution in [2.24, 2.45) is 0 Å². The summed E-state index contributed by atoms with van der Waals surface area (Å²) < 4.78 is 18.1. The van der Waals surface area contributed by atoms with Crippen LogP contribution in [0, 0.1) is 0 Å². The summed E-state index contributed by atoms with van der Waals surface area (Å²) in [4.78, 5) is 17.9. The summed E-state index contributed by atoms with van der Waals surface area (Å²) in [6, 6.07) is 1.62. The average Bonchev–Trinajstić information content (AvgIpc) is 2.64. The van der Waals surface area contributed by atoms with Crippen molar-refractivity contribution < 1.29 is 19.1 Å². The summed E-state index contributed by atoms with van der Waals surface area (Å²) in [5.41, 5.74) is 0.528. The van der Waals surface area contributed by atoms with Crippen LogP contribution in [0.3, 0.4) is 0 Å². The highest BCUT2D eigenvalue weighted by Crippen LogP contribution is 2.39. The van der Waals surface area contributed by atoms with Gasteiger partial charge in [0.25, 0.3) is 0 Å². The minimum atomic E-state index is -4.05. The Bertz CT molecular complexity index is 394. The van der Waals surface area contributed by atoms with Gasteiger partial charge in [0.1, 0.15) is 6.23 Å². The molecule has 2 heterocycles. The highest BCUT2D eigenvalue weighted by molar-refractivity contribution is 7.50. The van der Waals surface area contributed by atoms with Crippen molar-refractivity contribution in [1.29, 1.82) is 0 Å². The first-order valence-corrected chi connectivity index (χ1v) is 7.04. The quantitative estimate of drug-likeness (QED) is 0.784. The number of rotatable bonds is 3. The van der Waals surface area contributed by atoms with Crippen LogP contribution < -0.4 is 0 Å². The van der Waals surface area contributed by atoms with Gasteiger partial charge in [0.2, 0.25) is 0 Å². The van der Waals surface area contributed by atoms with E-state index < -0.39 is 7.60 Å². The summed E-state index contributed by atoms with van der Waals surface area (Å²) >= 11 is 0. The first-order chi connectivity index (χ1) is 7.56. The molecule has 2 N–H and O–H groups in total. The van der Waals surface area contributed by atoms with Crippen LogP contribution in [0.2, 0.25) is 0 Å². The molecule has 16 heavy (non-hydrogen) atoms. The zero-order chi connectivity index (χ0) is 11.6. The molecule has 0 amide bonds. The Kier molecular flexibility index (Phi) is 3.44. The molecule has 0 spiro atoms. The van der Waals surface area contributed by atoms with Crippen LogP contribution in [0.5, 0.6) is 0 Å². The zero-order valence-corrected chi connectivity index (χ0v) is 9.71. The Hall–Kier alpha value is -0.680. The molecule has 1 aliphatic rings. The van der Waals surface area contributed by atoms with E-state index in [2.05, 4.69) is 5.10 Å². The average molecular weight is 246 g/mol. The number of hydrogen-bond acceptors (Lipinski definition) is 3. The highest BCUT2D eigenvalue weighted by Gasteiger charge is 2.23. The fourth-order valence-corrected chi connectivity index (χ4v) is 2.53. The third-order valence-electron chi connectivity index (χ3n) is 2.55. The van der Waals surface area contributed by atoms with E-state index >= 15 is 0 Å². The van der Waals surface area contributed by atoms with E-state index in [9.17, 15) is 4.57 Å². The Balaban J connectivity index is 2.14. The third kappa shape index (κ3) is 2.92. The number of hydrogen-bond donors (Lipinski definition) is 2. The monoisotopic (exact) mass is 246 g/mol. The van der Waals surface area contributed by atoms with Crippen LogP contribution in [0.4, 0.5) is 0 Å². The standard InChI is InChI=1S/C9H15N2O4P/c12-16(13,14)7-8-4-5-10-11(8)9-3-1-2-6-15-9/h4-5,9H,1-3,6-7H2,(H2,12,13,14). The van der Waals surface area contributed by atoms with Gasteiger partial charge in [-0.15, -0.1) is 0 Å². The van der Waals surface area contributed by atoms with Crippen molar-refractivity contribution in [3.8, 4) is 0 Å². The maximum Gasteiger partial charge on any atom is 0.331 e. The first kappa shape index (κ1) is 11.8. The van der Waals surface area contributed by atoms with Crippen LogP contribution in [0.15, 0.2) is 12.3 Å². The largest absolute Gasteiger partial charge is 0.357 e. The number of nitrogens with zero attached hydrogens (tertiary/aromatic N) is 2. The predicted molar refractivity (Wildman–Crippen MR) is 56.8 cm³/mol. The molecule has 1 atom stereocenters. The van der Waals surface area contributed by atoms with Crippen LogP contribution in [0.25, 0.3) is 0 Å². The van der Waals surface area contributed by atoms with E-state index in [0.717, 1.165) is 19.3 Å². The van der Waals surface area contributed by atoms with Crippen molar-refractivity contribution >= 4 is 7.60 Å². The minimum Gasteiger partial charge on any atom is -0.357 e. The molecule has 2 rings (SSSR count).